The molecule has 5 nitrogen and oxygen atoms in total. The van der Waals surface area contributed by atoms with Gasteiger partial charge < -0.3 is 9.47 Å². The van der Waals surface area contributed by atoms with Gasteiger partial charge in [0.25, 0.3) is 0 Å². The van der Waals surface area contributed by atoms with E-state index >= 15 is 0 Å². The van der Waals surface area contributed by atoms with E-state index < -0.39 is 5.97 Å². The fraction of sp³-hybridized carbons (Fsp3) is 0.300. The van der Waals surface area contributed by atoms with Gasteiger partial charge in [-0.1, -0.05) is 11.6 Å². The van der Waals surface area contributed by atoms with Crippen LogP contribution in [0.2, 0.25) is 5.02 Å². The molecule has 0 amide bonds. The number of carbonyl (C=O) groups is 1. The van der Waals surface area contributed by atoms with Crippen molar-refractivity contribution in [1.29, 1.82) is 5.26 Å². The van der Waals surface area contributed by atoms with Gasteiger partial charge in [0.15, 0.2) is 6.61 Å². The molecule has 0 fully saturated rings. The molecule has 0 unspecified atom stereocenters. The lowest BCUT2D eigenvalue weighted by Crippen LogP contribution is -2.15. The molecule has 0 bridgehead atoms. The number of aromatic nitrogens is 1. The lowest BCUT2D eigenvalue weighted by Gasteiger charge is -2.06. The van der Waals surface area contributed by atoms with Crippen LogP contribution in [0.3, 0.4) is 0 Å². The first-order valence-electron chi connectivity index (χ1n) is 4.52. The van der Waals surface area contributed by atoms with Crippen LogP contribution in [0.15, 0.2) is 12.3 Å². The molecule has 0 aliphatic carbocycles. The Kier molecular flexibility index (Phi) is 4.55. The summed E-state index contributed by atoms with van der Waals surface area (Å²) in [5, 5.41) is 9.03. The van der Waals surface area contributed by atoms with Crippen molar-refractivity contribution < 1.29 is 14.3 Å². The molecule has 0 saturated carbocycles. The normalized spacial score (nSPS) is 9.31. The van der Waals surface area contributed by atoms with Crippen LogP contribution in [0, 0.1) is 11.3 Å². The first kappa shape index (κ1) is 12.3. The number of hydrogen-bond donors (Lipinski definition) is 0. The Morgan fingerprint density at radius 1 is 1.69 bits per heavy atom. The van der Waals surface area contributed by atoms with E-state index in [-0.39, 0.29) is 29.7 Å². The van der Waals surface area contributed by atoms with Gasteiger partial charge in [-0.05, 0) is 13.0 Å². The Balaban J connectivity index is 2.71. The van der Waals surface area contributed by atoms with Gasteiger partial charge >= 0.3 is 5.97 Å². The molecule has 0 aromatic carbocycles. The summed E-state index contributed by atoms with van der Waals surface area (Å²) in [7, 11) is 0. The monoisotopic (exact) mass is 240 g/mol. The standard InChI is InChI=1S/C10H9ClN2O3/c1-2-15-9(14)6-16-10-7(5-12)8(11)3-4-13-10/h3-4H,2,6H2,1H3. The summed E-state index contributed by atoms with van der Waals surface area (Å²) in [6.45, 7) is 1.67. The first-order valence-corrected chi connectivity index (χ1v) is 4.89. The van der Waals surface area contributed by atoms with E-state index in [0.717, 1.165) is 0 Å². The Morgan fingerprint density at radius 2 is 2.44 bits per heavy atom. The van der Waals surface area contributed by atoms with E-state index in [1.807, 2.05) is 6.07 Å². The van der Waals surface area contributed by atoms with Crippen molar-refractivity contribution in [3.8, 4) is 11.9 Å². The van der Waals surface area contributed by atoms with Crippen molar-refractivity contribution >= 4 is 17.6 Å². The SMILES string of the molecule is CCOC(=O)COc1nccc(Cl)c1C#N. The highest BCUT2D eigenvalue weighted by Crippen LogP contribution is 2.22. The Hall–Kier alpha value is -1.80. The Labute approximate surface area is 97.6 Å². The molecule has 84 valence electrons. The van der Waals surface area contributed by atoms with E-state index in [0.29, 0.717) is 0 Å². The first-order chi connectivity index (χ1) is 7.69. The van der Waals surface area contributed by atoms with Crippen LogP contribution in [0.25, 0.3) is 0 Å². The third-order valence-corrected chi connectivity index (χ3v) is 1.92. The van der Waals surface area contributed by atoms with Gasteiger partial charge in [0, 0.05) is 6.20 Å². The molecule has 0 aliphatic rings. The number of esters is 1. The number of nitrogens with zero attached hydrogens (tertiary/aromatic N) is 2. The second kappa shape index (κ2) is 5.93. The molecule has 0 atom stereocenters. The van der Waals surface area contributed by atoms with Gasteiger partial charge in [0.05, 0.1) is 11.6 Å². The van der Waals surface area contributed by atoms with Crippen LogP contribution in [0.1, 0.15) is 12.5 Å². The summed E-state index contributed by atoms with van der Waals surface area (Å²) in [5.41, 5.74) is 0.105. The Morgan fingerprint density at radius 3 is 3.06 bits per heavy atom. The topological polar surface area (TPSA) is 72.2 Å². The quantitative estimate of drug-likeness (QED) is 0.747. The molecule has 16 heavy (non-hydrogen) atoms. The third-order valence-electron chi connectivity index (χ3n) is 1.61. The molecule has 1 rings (SSSR count). The fourth-order valence-corrected chi connectivity index (χ4v) is 1.14. The Bertz CT molecular complexity index is 429. The maximum Gasteiger partial charge on any atom is 0.344 e. The van der Waals surface area contributed by atoms with Crippen molar-refractivity contribution in [2.45, 2.75) is 6.92 Å². The number of ether oxygens (including phenoxy) is 2. The predicted molar refractivity (Wildman–Crippen MR) is 56.1 cm³/mol. The summed E-state index contributed by atoms with van der Waals surface area (Å²) in [6.07, 6.45) is 1.39. The lowest BCUT2D eigenvalue weighted by atomic mass is 10.3. The van der Waals surface area contributed by atoms with Crippen molar-refractivity contribution in [1.82, 2.24) is 4.98 Å². The molecule has 6 heteroatoms. The molecule has 0 aliphatic heterocycles. The minimum Gasteiger partial charge on any atom is -0.465 e. The fourth-order valence-electron chi connectivity index (χ4n) is 0.961. The smallest absolute Gasteiger partial charge is 0.344 e. The van der Waals surface area contributed by atoms with Gasteiger partial charge in [-0.3, -0.25) is 0 Å². The molecular formula is C10H9ClN2O3. The largest absolute Gasteiger partial charge is 0.465 e. The van der Waals surface area contributed by atoms with E-state index in [4.69, 9.17) is 21.6 Å². The van der Waals surface area contributed by atoms with Crippen LogP contribution in [0.4, 0.5) is 0 Å². The number of pyridine rings is 1. The van der Waals surface area contributed by atoms with Crippen molar-refractivity contribution in [2.24, 2.45) is 0 Å². The van der Waals surface area contributed by atoms with Crippen LogP contribution in [-0.2, 0) is 9.53 Å². The van der Waals surface area contributed by atoms with Crippen LogP contribution < -0.4 is 4.74 Å². The summed E-state index contributed by atoms with van der Waals surface area (Å²) in [6, 6.07) is 3.32. The van der Waals surface area contributed by atoms with Gasteiger partial charge in [0.1, 0.15) is 11.6 Å². The minimum absolute atomic E-state index is 0.0306. The second-order valence-electron chi connectivity index (χ2n) is 2.68. The number of nitriles is 1. The van der Waals surface area contributed by atoms with Gasteiger partial charge in [-0.2, -0.15) is 5.26 Å². The highest BCUT2D eigenvalue weighted by Gasteiger charge is 2.11. The van der Waals surface area contributed by atoms with E-state index in [1.165, 1.54) is 12.3 Å². The lowest BCUT2D eigenvalue weighted by molar-refractivity contribution is -0.145. The molecule has 0 saturated heterocycles. The molecule has 0 spiro atoms. The number of halogens is 1. The zero-order chi connectivity index (χ0) is 12.0. The molecular weight excluding hydrogens is 232 g/mol. The predicted octanol–water partition coefficient (Wildman–Crippen LogP) is 1.55. The third kappa shape index (κ3) is 3.11. The zero-order valence-electron chi connectivity index (χ0n) is 8.57. The van der Waals surface area contributed by atoms with Crippen LogP contribution in [-0.4, -0.2) is 24.2 Å². The van der Waals surface area contributed by atoms with Crippen LogP contribution >= 0.6 is 11.6 Å². The van der Waals surface area contributed by atoms with Crippen molar-refractivity contribution in [3.63, 3.8) is 0 Å². The van der Waals surface area contributed by atoms with Gasteiger partial charge in [-0.25, -0.2) is 9.78 Å². The van der Waals surface area contributed by atoms with Gasteiger partial charge in [-0.15, -0.1) is 0 Å². The highest BCUT2D eigenvalue weighted by atomic mass is 35.5. The molecule has 0 radical (unpaired) electrons. The summed E-state index contributed by atoms with van der Waals surface area (Å²) in [4.78, 5) is 14.8. The van der Waals surface area contributed by atoms with E-state index in [9.17, 15) is 4.79 Å². The number of rotatable bonds is 4. The maximum atomic E-state index is 11.0. The maximum absolute atomic E-state index is 11.0. The molecule has 0 N–H and O–H groups in total. The average molecular weight is 241 g/mol. The highest BCUT2D eigenvalue weighted by molar-refractivity contribution is 6.31. The van der Waals surface area contributed by atoms with Crippen molar-refractivity contribution in [2.75, 3.05) is 13.2 Å². The van der Waals surface area contributed by atoms with Crippen molar-refractivity contribution in [3.05, 3.63) is 22.8 Å². The summed E-state index contributed by atoms with van der Waals surface area (Å²) in [5.74, 6) is -0.490. The molecule has 1 heterocycles. The number of carbonyl (C=O) groups excluding carboxylic acids is 1. The molecule has 1 aromatic heterocycles. The second-order valence-corrected chi connectivity index (χ2v) is 3.09. The van der Waals surface area contributed by atoms with Crippen LogP contribution in [0.5, 0.6) is 5.88 Å². The zero-order valence-corrected chi connectivity index (χ0v) is 9.32. The van der Waals surface area contributed by atoms with E-state index in [1.54, 1.807) is 6.92 Å². The summed E-state index contributed by atoms with van der Waals surface area (Å²) < 4.78 is 9.69. The molecule has 1 aromatic rings. The van der Waals surface area contributed by atoms with E-state index in [2.05, 4.69) is 9.72 Å². The number of hydrogen-bond acceptors (Lipinski definition) is 5. The van der Waals surface area contributed by atoms with Gasteiger partial charge in [0.2, 0.25) is 5.88 Å². The summed E-state index contributed by atoms with van der Waals surface area (Å²) >= 11 is 5.75. The minimum atomic E-state index is -0.520. The average Bonchev–Trinajstić information content (AvgIpc) is 2.27.